The largest absolute Gasteiger partial charge is 0.482 e. The maximum atomic E-state index is 13.7. The van der Waals surface area contributed by atoms with E-state index in [2.05, 4.69) is 24.3 Å². The van der Waals surface area contributed by atoms with Gasteiger partial charge in [0.1, 0.15) is 5.75 Å². The summed E-state index contributed by atoms with van der Waals surface area (Å²) in [4.78, 5) is 15.8. The van der Waals surface area contributed by atoms with Crippen LogP contribution in [0.4, 0.5) is 5.69 Å². The Morgan fingerprint density at radius 2 is 1.78 bits per heavy atom. The van der Waals surface area contributed by atoms with Crippen LogP contribution in [0.5, 0.6) is 5.75 Å². The lowest BCUT2D eigenvalue weighted by molar-refractivity contribution is -0.139. The summed E-state index contributed by atoms with van der Waals surface area (Å²) in [5.41, 5.74) is 3.11. The van der Waals surface area contributed by atoms with Gasteiger partial charge < -0.3 is 9.84 Å². The van der Waals surface area contributed by atoms with Gasteiger partial charge in [-0.05, 0) is 59.7 Å². The molecule has 1 aliphatic rings. The van der Waals surface area contributed by atoms with Crippen LogP contribution >= 0.6 is 0 Å². The fourth-order valence-electron chi connectivity index (χ4n) is 4.61. The van der Waals surface area contributed by atoms with Gasteiger partial charge in [0.2, 0.25) is 0 Å². The lowest BCUT2D eigenvalue weighted by Crippen LogP contribution is -2.34. The van der Waals surface area contributed by atoms with Crippen LogP contribution < -0.4 is 9.04 Å². The lowest BCUT2D eigenvalue weighted by atomic mass is 9.91. The normalized spacial score (nSPS) is 14.6. The van der Waals surface area contributed by atoms with Crippen LogP contribution in [0.1, 0.15) is 25.1 Å². The number of anilines is 1. The van der Waals surface area contributed by atoms with Crippen molar-refractivity contribution >= 4 is 32.5 Å². The molecule has 0 radical (unpaired) electrons. The SMILES string of the molecule is Cc1cc(S(=O)(=O)N2CC(C)(C)c3nc(-c4ccc5ccccc5c4)ccc32)ccc1OCC(=O)O. The van der Waals surface area contributed by atoms with E-state index in [1.807, 2.05) is 44.2 Å². The molecule has 5 rings (SSSR count). The van der Waals surface area contributed by atoms with E-state index in [-0.39, 0.29) is 11.4 Å². The topological polar surface area (TPSA) is 96.8 Å². The minimum atomic E-state index is -3.88. The maximum absolute atomic E-state index is 13.7. The quantitative estimate of drug-likeness (QED) is 0.391. The molecule has 0 aliphatic carbocycles. The fraction of sp³-hybridized carbons (Fsp3) is 0.214. The number of nitrogens with zero attached hydrogens (tertiary/aromatic N) is 2. The monoisotopic (exact) mass is 502 g/mol. The number of carbonyl (C=O) groups is 1. The summed E-state index contributed by atoms with van der Waals surface area (Å²) in [6, 6.07) is 22.5. The second-order valence-electron chi connectivity index (χ2n) is 9.63. The number of aromatic nitrogens is 1. The van der Waals surface area contributed by atoms with Crippen LogP contribution in [0, 0.1) is 6.92 Å². The number of benzene rings is 3. The van der Waals surface area contributed by atoms with Crippen molar-refractivity contribution in [3.63, 3.8) is 0 Å². The Morgan fingerprint density at radius 1 is 1.03 bits per heavy atom. The summed E-state index contributed by atoms with van der Waals surface area (Å²) in [6.45, 7) is 5.44. The Labute approximate surface area is 210 Å². The molecule has 1 aliphatic heterocycles. The second kappa shape index (κ2) is 8.64. The molecule has 4 aromatic rings. The Kier molecular flexibility index (Phi) is 5.71. The average molecular weight is 503 g/mol. The number of carboxylic acids is 1. The molecule has 0 bridgehead atoms. The molecule has 36 heavy (non-hydrogen) atoms. The third-order valence-corrected chi connectivity index (χ3v) is 8.21. The number of pyridine rings is 1. The van der Waals surface area contributed by atoms with Crippen LogP contribution in [0.2, 0.25) is 0 Å². The maximum Gasteiger partial charge on any atom is 0.341 e. The summed E-state index contributed by atoms with van der Waals surface area (Å²) in [5, 5.41) is 11.1. The van der Waals surface area contributed by atoms with E-state index in [1.165, 1.54) is 22.5 Å². The third kappa shape index (κ3) is 4.18. The molecule has 0 amide bonds. The van der Waals surface area contributed by atoms with Crippen LogP contribution in [-0.4, -0.2) is 37.6 Å². The van der Waals surface area contributed by atoms with Crippen LogP contribution in [0.25, 0.3) is 22.0 Å². The smallest absolute Gasteiger partial charge is 0.341 e. The molecule has 1 aromatic heterocycles. The number of hydrogen-bond donors (Lipinski definition) is 1. The number of rotatable bonds is 6. The standard InChI is InChI=1S/C28H26N2O5S/c1-18-14-22(10-13-25(18)35-16-26(31)32)36(33,34)30-17-28(2,3)27-24(30)12-11-23(29-27)21-9-8-19-6-4-5-7-20(19)15-21/h4-15H,16-17H2,1-3H3,(H,31,32). The van der Waals surface area contributed by atoms with E-state index < -0.39 is 28.0 Å². The first-order valence-electron chi connectivity index (χ1n) is 11.5. The van der Waals surface area contributed by atoms with Gasteiger partial charge in [0, 0.05) is 17.5 Å². The number of fused-ring (bicyclic) bond motifs is 2. The highest BCUT2D eigenvalue weighted by Crippen LogP contribution is 2.43. The summed E-state index contributed by atoms with van der Waals surface area (Å²) in [6.07, 6.45) is 0. The minimum Gasteiger partial charge on any atom is -0.482 e. The van der Waals surface area contributed by atoms with Crippen LogP contribution in [0.15, 0.2) is 77.7 Å². The highest BCUT2D eigenvalue weighted by atomic mass is 32.2. The zero-order valence-electron chi connectivity index (χ0n) is 20.2. The van der Waals surface area contributed by atoms with E-state index in [9.17, 15) is 13.2 Å². The highest BCUT2D eigenvalue weighted by molar-refractivity contribution is 7.92. The molecular weight excluding hydrogens is 476 g/mol. The van der Waals surface area contributed by atoms with E-state index in [4.69, 9.17) is 14.8 Å². The molecule has 0 spiro atoms. The Balaban J connectivity index is 1.51. The van der Waals surface area contributed by atoms with Gasteiger partial charge in [-0.1, -0.05) is 50.2 Å². The average Bonchev–Trinajstić information content (AvgIpc) is 3.13. The Morgan fingerprint density at radius 3 is 2.50 bits per heavy atom. The van der Waals surface area contributed by atoms with Crippen molar-refractivity contribution in [2.24, 2.45) is 0 Å². The number of hydrogen-bond acceptors (Lipinski definition) is 5. The van der Waals surface area contributed by atoms with Gasteiger partial charge in [0.05, 0.1) is 22.0 Å². The van der Waals surface area contributed by atoms with E-state index in [0.717, 1.165) is 27.7 Å². The minimum absolute atomic E-state index is 0.116. The molecule has 184 valence electrons. The van der Waals surface area contributed by atoms with Crippen molar-refractivity contribution in [3.05, 3.63) is 84.1 Å². The van der Waals surface area contributed by atoms with Gasteiger partial charge in [0.15, 0.2) is 6.61 Å². The number of carboxylic acid groups (broad SMARTS) is 1. The molecule has 8 heteroatoms. The highest BCUT2D eigenvalue weighted by Gasteiger charge is 2.42. The molecule has 3 aromatic carbocycles. The number of aryl methyl sites for hydroxylation is 1. The first-order valence-corrected chi connectivity index (χ1v) is 13.0. The molecule has 0 unspecified atom stereocenters. The summed E-state index contributed by atoms with van der Waals surface area (Å²) < 4.78 is 34.0. The van der Waals surface area contributed by atoms with E-state index in [0.29, 0.717) is 17.0 Å². The number of aliphatic carboxylic acids is 1. The lowest BCUT2D eigenvalue weighted by Gasteiger charge is -2.22. The Hall–Kier alpha value is -3.91. The summed E-state index contributed by atoms with van der Waals surface area (Å²) in [7, 11) is -3.88. The second-order valence-corrected chi connectivity index (χ2v) is 11.5. The van der Waals surface area contributed by atoms with Crippen molar-refractivity contribution in [2.75, 3.05) is 17.5 Å². The van der Waals surface area contributed by atoms with Gasteiger partial charge in [-0.15, -0.1) is 0 Å². The molecule has 0 fully saturated rings. The van der Waals surface area contributed by atoms with E-state index in [1.54, 1.807) is 6.92 Å². The third-order valence-electron chi connectivity index (χ3n) is 6.45. The van der Waals surface area contributed by atoms with E-state index >= 15 is 0 Å². The van der Waals surface area contributed by atoms with Crippen molar-refractivity contribution < 1.29 is 23.1 Å². The van der Waals surface area contributed by atoms with Gasteiger partial charge in [-0.25, -0.2) is 18.2 Å². The molecule has 7 nitrogen and oxygen atoms in total. The van der Waals surface area contributed by atoms with Crippen LogP contribution in [0.3, 0.4) is 0 Å². The first-order chi connectivity index (χ1) is 17.1. The Bertz CT molecular complexity index is 1610. The van der Waals surface area contributed by atoms with Crippen molar-refractivity contribution in [3.8, 4) is 17.0 Å². The number of ether oxygens (including phenoxy) is 1. The molecule has 1 N–H and O–H groups in total. The number of sulfonamides is 1. The van der Waals surface area contributed by atoms with Crippen LogP contribution in [-0.2, 0) is 20.2 Å². The molecule has 0 saturated carbocycles. The molecular formula is C28H26N2O5S. The zero-order valence-corrected chi connectivity index (χ0v) is 21.0. The molecule has 0 atom stereocenters. The fourth-order valence-corrected chi connectivity index (χ4v) is 6.32. The predicted octanol–water partition coefficient (Wildman–Crippen LogP) is 5.16. The summed E-state index contributed by atoms with van der Waals surface area (Å²) in [5.74, 6) is -0.766. The van der Waals surface area contributed by atoms with Crippen molar-refractivity contribution in [1.29, 1.82) is 0 Å². The van der Waals surface area contributed by atoms with Crippen molar-refractivity contribution in [1.82, 2.24) is 4.98 Å². The van der Waals surface area contributed by atoms with Gasteiger partial charge in [-0.3, -0.25) is 4.31 Å². The molecule has 2 heterocycles. The zero-order chi connectivity index (χ0) is 25.7. The van der Waals surface area contributed by atoms with Crippen molar-refractivity contribution in [2.45, 2.75) is 31.1 Å². The first kappa shape index (κ1) is 23.8. The predicted molar refractivity (Wildman–Crippen MR) is 139 cm³/mol. The van der Waals surface area contributed by atoms with Gasteiger partial charge >= 0.3 is 5.97 Å². The summed E-state index contributed by atoms with van der Waals surface area (Å²) >= 11 is 0. The molecule has 0 saturated heterocycles. The van der Waals surface area contributed by atoms with Gasteiger partial charge in [0.25, 0.3) is 10.0 Å². The van der Waals surface area contributed by atoms with Gasteiger partial charge in [-0.2, -0.15) is 0 Å².